The molecule has 0 unspecified atom stereocenters. The van der Waals surface area contributed by atoms with Crippen molar-refractivity contribution < 1.29 is 18.3 Å². The number of carboxylic acid groups (broad SMARTS) is 1. The molecule has 0 saturated carbocycles. The van der Waals surface area contributed by atoms with Crippen LogP contribution in [0.15, 0.2) is 23.1 Å². The first-order valence-corrected chi connectivity index (χ1v) is 8.82. The predicted molar refractivity (Wildman–Crippen MR) is 86.9 cm³/mol. The third kappa shape index (κ3) is 4.99. The van der Waals surface area contributed by atoms with Gasteiger partial charge >= 0.3 is 5.97 Å². The highest BCUT2D eigenvalue weighted by Gasteiger charge is 2.22. The number of sulfonamides is 1. The van der Waals surface area contributed by atoms with Gasteiger partial charge in [0.1, 0.15) is 4.90 Å². The average Bonchev–Trinajstić information content (AvgIpc) is 2.37. The number of hydrogen-bond acceptors (Lipinski definition) is 4. The van der Waals surface area contributed by atoms with E-state index in [-0.39, 0.29) is 22.5 Å². The number of rotatable bonds is 8. The van der Waals surface area contributed by atoms with Crippen molar-refractivity contribution in [3.63, 3.8) is 0 Å². The number of hydrogen-bond donors (Lipinski definition) is 3. The molecule has 7 heteroatoms. The van der Waals surface area contributed by atoms with Gasteiger partial charge in [-0.15, -0.1) is 0 Å². The summed E-state index contributed by atoms with van der Waals surface area (Å²) in [4.78, 5) is 11.1. The van der Waals surface area contributed by atoms with Gasteiger partial charge in [-0.25, -0.2) is 17.9 Å². The molecule has 0 amide bonds. The third-order valence-corrected chi connectivity index (χ3v) is 4.67. The Morgan fingerprint density at radius 2 is 1.91 bits per heavy atom. The molecule has 0 aliphatic rings. The first kappa shape index (κ1) is 18.4. The molecule has 0 aromatic heterocycles. The Balaban J connectivity index is 3.27. The molecule has 0 spiro atoms. The molecule has 0 saturated heterocycles. The molecule has 1 aromatic rings. The van der Waals surface area contributed by atoms with Crippen LogP contribution in [0.2, 0.25) is 0 Å². The van der Waals surface area contributed by atoms with Gasteiger partial charge in [0.2, 0.25) is 10.0 Å². The fourth-order valence-electron chi connectivity index (χ4n) is 2.13. The zero-order valence-electron chi connectivity index (χ0n) is 13.4. The SMILES string of the molecule is CCC[C@H](C)NS(=O)(=O)c1cc(C(=O)O)ccc1NC(C)C. The van der Waals surface area contributed by atoms with E-state index in [9.17, 15) is 13.2 Å². The first-order valence-electron chi connectivity index (χ1n) is 7.33. The molecule has 0 heterocycles. The van der Waals surface area contributed by atoms with Crippen LogP contribution < -0.4 is 10.0 Å². The number of nitrogens with one attached hydrogen (secondary N) is 2. The van der Waals surface area contributed by atoms with Crippen LogP contribution in [0.4, 0.5) is 5.69 Å². The molecule has 1 atom stereocenters. The van der Waals surface area contributed by atoms with Gasteiger partial charge in [-0.3, -0.25) is 0 Å². The second-order valence-electron chi connectivity index (χ2n) is 5.63. The van der Waals surface area contributed by atoms with Crippen molar-refractivity contribution in [1.29, 1.82) is 0 Å². The van der Waals surface area contributed by atoms with E-state index in [0.717, 1.165) is 6.42 Å². The third-order valence-electron chi connectivity index (χ3n) is 3.04. The molecule has 0 bridgehead atoms. The van der Waals surface area contributed by atoms with E-state index in [0.29, 0.717) is 12.1 Å². The van der Waals surface area contributed by atoms with E-state index in [1.807, 2.05) is 20.8 Å². The van der Waals surface area contributed by atoms with E-state index in [2.05, 4.69) is 10.0 Å². The Labute approximate surface area is 132 Å². The Hall–Kier alpha value is -1.60. The maximum atomic E-state index is 12.6. The largest absolute Gasteiger partial charge is 0.478 e. The molecule has 0 aliphatic heterocycles. The molecule has 124 valence electrons. The fourth-order valence-corrected chi connectivity index (χ4v) is 3.60. The Bertz CT molecular complexity index is 626. The molecule has 0 radical (unpaired) electrons. The standard InChI is InChI=1S/C15H24N2O4S/c1-5-6-11(4)17-22(20,21)14-9-12(15(18)19)7-8-13(14)16-10(2)3/h7-11,16-17H,5-6H2,1-4H3,(H,18,19)/t11-/m0/s1. The predicted octanol–water partition coefficient (Wildman–Crippen LogP) is 2.67. The van der Waals surface area contributed by atoms with Crippen molar-refractivity contribution in [2.75, 3.05) is 5.32 Å². The average molecular weight is 328 g/mol. The van der Waals surface area contributed by atoms with Crippen LogP contribution in [0.5, 0.6) is 0 Å². The molecule has 3 N–H and O–H groups in total. The van der Waals surface area contributed by atoms with Gasteiger partial charge in [0.15, 0.2) is 0 Å². The smallest absolute Gasteiger partial charge is 0.335 e. The van der Waals surface area contributed by atoms with Gasteiger partial charge in [-0.2, -0.15) is 0 Å². The minimum atomic E-state index is -3.79. The summed E-state index contributed by atoms with van der Waals surface area (Å²) in [5.74, 6) is -1.16. The topological polar surface area (TPSA) is 95.5 Å². The van der Waals surface area contributed by atoms with Crippen LogP contribution in [0.25, 0.3) is 0 Å². The minimum Gasteiger partial charge on any atom is -0.478 e. The highest BCUT2D eigenvalue weighted by atomic mass is 32.2. The van der Waals surface area contributed by atoms with Crippen molar-refractivity contribution in [1.82, 2.24) is 4.72 Å². The molecule has 1 aromatic carbocycles. The number of carbonyl (C=O) groups is 1. The maximum Gasteiger partial charge on any atom is 0.335 e. The summed E-state index contributed by atoms with van der Waals surface area (Å²) >= 11 is 0. The van der Waals surface area contributed by atoms with Crippen LogP contribution in [-0.2, 0) is 10.0 Å². The lowest BCUT2D eigenvalue weighted by Crippen LogP contribution is -2.33. The summed E-state index contributed by atoms with van der Waals surface area (Å²) in [5.41, 5.74) is 0.342. The van der Waals surface area contributed by atoms with Crippen molar-refractivity contribution in [2.45, 2.75) is 57.5 Å². The fraction of sp³-hybridized carbons (Fsp3) is 0.533. The number of anilines is 1. The highest BCUT2D eigenvalue weighted by Crippen LogP contribution is 2.24. The van der Waals surface area contributed by atoms with Crippen molar-refractivity contribution in [3.8, 4) is 0 Å². The van der Waals surface area contributed by atoms with Crippen LogP contribution in [-0.4, -0.2) is 31.6 Å². The quantitative estimate of drug-likeness (QED) is 0.682. The van der Waals surface area contributed by atoms with Crippen LogP contribution >= 0.6 is 0 Å². The lowest BCUT2D eigenvalue weighted by Gasteiger charge is -2.18. The van der Waals surface area contributed by atoms with Gasteiger partial charge in [-0.05, 0) is 45.4 Å². The van der Waals surface area contributed by atoms with E-state index in [1.54, 1.807) is 6.92 Å². The lowest BCUT2D eigenvalue weighted by atomic mass is 10.2. The second kappa shape index (κ2) is 7.60. The summed E-state index contributed by atoms with van der Waals surface area (Å²) in [7, 11) is -3.79. The molecular weight excluding hydrogens is 304 g/mol. The highest BCUT2D eigenvalue weighted by molar-refractivity contribution is 7.89. The monoisotopic (exact) mass is 328 g/mol. The number of carboxylic acids is 1. The van der Waals surface area contributed by atoms with Gasteiger partial charge in [-0.1, -0.05) is 13.3 Å². The summed E-state index contributed by atoms with van der Waals surface area (Å²) < 4.78 is 27.7. The maximum absolute atomic E-state index is 12.6. The zero-order valence-corrected chi connectivity index (χ0v) is 14.2. The molecule has 6 nitrogen and oxygen atoms in total. The van der Waals surface area contributed by atoms with Crippen LogP contribution in [0.1, 0.15) is 50.9 Å². The Kier molecular flexibility index (Phi) is 6.37. The van der Waals surface area contributed by atoms with Crippen molar-refractivity contribution >= 4 is 21.7 Å². The second-order valence-corrected chi connectivity index (χ2v) is 7.31. The normalized spacial score (nSPS) is 13.1. The molecule has 0 aliphatic carbocycles. The number of aromatic carboxylic acids is 1. The molecule has 1 rings (SSSR count). The Morgan fingerprint density at radius 3 is 2.41 bits per heavy atom. The van der Waals surface area contributed by atoms with Crippen molar-refractivity contribution in [2.24, 2.45) is 0 Å². The van der Waals surface area contributed by atoms with Gasteiger partial charge in [0.05, 0.1) is 11.3 Å². The zero-order chi connectivity index (χ0) is 16.9. The Morgan fingerprint density at radius 1 is 1.27 bits per heavy atom. The van der Waals surface area contributed by atoms with Crippen molar-refractivity contribution in [3.05, 3.63) is 23.8 Å². The van der Waals surface area contributed by atoms with E-state index < -0.39 is 16.0 Å². The van der Waals surface area contributed by atoms with Crippen LogP contribution in [0.3, 0.4) is 0 Å². The summed E-state index contributed by atoms with van der Waals surface area (Å²) in [5, 5.41) is 12.1. The molecule has 22 heavy (non-hydrogen) atoms. The van der Waals surface area contributed by atoms with E-state index in [1.165, 1.54) is 18.2 Å². The lowest BCUT2D eigenvalue weighted by molar-refractivity contribution is 0.0696. The van der Waals surface area contributed by atoms with E-state index >= 15 is 0 Å². The van der Waals surface area contributed by atoms with Gasteiger partial charge in [0, 0.05) is 12.1 Å². The van der Waals surface area contributed by atoms with Crippen LogP contribution in [0, 0.1) is 0 Å². The minimum absolute atomic E-state index is 0.0256. The molecular formula is C15H24N2O4S. The summed E-state index contributed by atoms with van der Waals surface area (Å²) in [6.07, 6.45) is 1.57. The molecule has 0 fully saturated rings. The first-order chi connectivity index (χ1) is 10.2. The van der Waals surface area contributed by atoms with Gasteiger partial charge < -0.3 is 10.4 Å². The van der Waals surface area contributed by atoms with E-state index in [4.69, 9.17) is 5.11 Å². The van der Waals surface area contributed by atoms with Gasteiger partial charge in [0.25, 0.3) is 0 Å². The number of benzene rings is 1. The summed E-state index contributed by atoms with van der Waals surface area (Å²) in [6.45, 7) is 7.53. The summed E-state index contributed by atoms with van der Waals surface area (Å²) in [6, 6.07) is 3.88.